The lowest BCUT2D eigenvalue weighted by molar-refractivity contribution is -0.131. The predicted molar refractivity (Wildman–Crippen MR) is 108 cm³/mol. The van der Waals surface area contributed by atoms with E-state index < -0.39 is 0 Å². The van der Waals surface area contributed by atoms with Crippen molar-refractivity contribution in [1.82, 2.24) is 15.1 Å². The van der Waals surface area contributed by atoms with Crippen molar-refractivity contribution >= 4 is 12.0 Å². The molecule has 2 aromatic rings. The molecule has 1 heterocycles. The van der Waals surface area contributed by atoms with E-state index in [1.807, 2.05) is 36.4 Å². The van der Waals surface area contributed by atoms with E-state index in [4.69, 9.17) is 4.74 Å². The molecular formula is C22H27N3O3. The van der Waals surface area contributed by atoms with Gasteiger partial charge in [-0.25, -0.2) is 4.79 Å². The Morgan fingerprint density at radius 2 is 1.39 bits per heavy atom. The molecule has 0 aromatic heterocycles. The second-order valence-corrected chi connectivity index (χ2v) is 6.70. The standard InChI is InChI=1S/C22H27N3O3/c1-2-28-22(27)25-15-13-24(14-16-25)20(26)17-23-21(18-9-5-3-6-10-18)19-11-7-4-8-12-19/h3-12,21,23H,2,13-17H2,1H3. The number of carbonyl (C=O) groups is 2. The van der Waals surface area contributed by atoms with Crippen molar-refractivity contribution in [3.05, 3.63) is 71.8 Å². The van der Waals surface area contributed by atoms with Gasteiger partial charge in [0.15, 0.2) is 0 Å². The smallest absolute Gasteiger partial charge is 0.409 e. The first-order chi connectivity index (χ1) is 13.7. The third kappa shape index (κ3) is 5.10. The summed E-state index contributed by atoms with van der Waals surface area (Å²) in [6.07, 6.45) is -0.305. The first kappa shape index (κ1) is 19.9. The summed E-state index contributed by atoms with van der Waals surface area (Å²) in [4.78, 5) is 27.9. The van der Waals surface area contributed by atoms with Crippen LogP contribution in [0.3, 0.4) is 0 Å². The number of piperazine rings is 1. The summed E-state index contributed by atoms with van der Waals surface area (Å²) in [6, 6.07) is 20.2. The first-order valence-electron chi connectivity index (χ1n) is 9.71. The van der Waals surface area contributed by atoms with Crippen LogP contribution in [0, 0.1) is 0 Å². The van der Waals surface area contributed by atoms with Crippen LogP contribution >= 0.6 is 0 Å². The summed E-state index contributed by atoms with van der Waals surface area (Å²) in [5.74, 6) is 0.0420. The summed E-state index contributed by atoms with van der Waals surface area (Å²) in [6.45, 7) is 4.47. The molecule has 0 atom stereocenters. The molecule has 1 saturated heterocycles. The van der Waals surface area contributed by atoms with E-state index in [0.29, 0.717) is 32.8 Å². The number of amides is 2. The van der Waals surface area contributed by atoms with Gasteiger partial charge in [-0.15, -0.1) is 0 Å². The zero-order chi connectivity index (χ0) is 19.8. The van der Waals surface area contributed by atoms with E-state index in [-0.39, 0.29) is 24.6 Å². The molecule has 0 saturated carbocycles. The van der Waals surface area contributed by atoms with E-state index in [0.717, 1.165) is 11.1 Å². The van der Waals surface area contributed by atoms with Crippen molar-refractivity contribution in [2.75, 3.05) is 39.3 Å². The Bertz CT molecular complexity index is 720. The molecular weight excluding hydrogens is 354 g/mol. The van der Waals surface area contributed by atoms with Gasteiger partial charge in [-0.3, -0.25) is 10.1 Å². The number of rotatable bonds is 6. The maximum absolute atomic E-state index is 12.7. The van der Waals surface area contributed by atoms with Crippen LogP contribution in [0.4, 0.5) is 4.79 Å². The fourth-order valence-corrected chi connectivity index (χ4v) is 3.37. The fourth-order valence-electron chi connectivity index (χ4n) is 3.37. The van der Waals surface area contributed by atoms with E-state index in [1.165, 1.54) is 0 Å². The molecule has 0 spiro atoms. The van der Waals surface area contributed by atoms with Gasteiger partial charge in [0.2, 0.25) is 5.91 Å². The van der Waals surface area contributed by atoms with Gasteiger partial charge in [-0.2, -0.15) is 0 Å². The highest BCUT2D eigenvalue weighted by molar-refractivity contribution is 5.79. The number of carbonyl (C=O) groups excluding carboxylic acids is 2. The van der Waals surface area contributed by atoms with E-state index >= 15 is 0 Å². The number of ether oxygens (including phenoxy) is 1. The molecule has 6 heteroatoms. The predicted octanol–water partition coefficient (Wildman–Crippen LogP) is 2.67. The Morgan fingerprint density at radius 3 is 1.89 bits per heavy atom. The van der Waals surface area contributed by atoms with Gasteiger partial charge >= 0.3 is 6.09 Å². The molecule has 6 nitrogen and oxygen atoms in total. The Balaban J connectivity index is 1.58. The Labute approximate surface area is 166 Å². The third-order valence-electron chi connectivity index (χ3n) is 4.88. The van der Waals surface area contributed by atoms with Gasteiger partial charge < -0.3 is 14.5 Å². The van der Waals surface area contributed by atoms with Crippen molar-refractivity contribution < 1.29 is 14.3 Å². The average Bonchev–Trinajstić information content (AvgIpc) is 2.75. The van der Waals surface area contributed by atoms with Gasteiger partial charge in [0, 0.05) is 26.2 Å². The van der Waals surface area contributed by atoms with Gasteiger partial charge in [-0.1, -0.05) is 60.7 Å². The normalized spacial score (nSPS) is 14.2. The highest BCUT2D eigenvalue weighted by atomic mass is 16.6. The zero-order valence-corrected chi connectivity index (χ0v) is 16.2. The first-order valence-corrected chi connectivity index (χ1v) is 9.71. The highest BCUT2D eigenvalue weighted by Gasteiger charge is 2.25. The summed E-state index contributed by atoms with van der Waals surface area (Å²) < 4.78 is 5.03. The van der Waals surface area contributed by atoms with Crippen LogP contribution in [0.25, 0.3) is 0 Å². The lowest BCUT2D eigenvalue weighted by atomic mass is 9.99. The minimum Gasteiger partial charge on any atom is -0.450 e. The SMILES string of the molecule is CCOC(=O)N1CCN(C(=O)CNC(c2ccccc2)c2ccccc2)CC1. The van der Waals surface area contributed by atoms with E-state index in [9.17, 15) is 9.59 Å². The van der Waals surface area contributed by atoms with Gasteiger partial charge in [-0.05, 0) is 18.1 Å². The Morgan fingerprint density at radius 1 is 0.893 bits per heavy atom. The van der Waals surface area contributed by atoms with Crippen molar-refractivity contribution in [1.29, 1.82) is 0 Å². The van der Waals surface area contributed by atoms with Crippen LogP contribution in [0.5, 0.6) is 0 Å². The zero-order valence-electron chi connectivity index (χ0n) is 16.2. The molecule has 1 aliphatic heterocycles. The topological polar surface area (TPSA) is 61.9 Å². The monoisotopic (exact) mass is 381 g/mol. The Hall–Kier alpha value is -2.86. The summed E-state index contributed by atoms with van der Waals surface area (Å²) >= 11 is 0. The van der Waals surface area contributed by atoms with Crippen molar-refractivity contribution in [2.24, 2.45) is 0 Å². The molecule has 0 bridgehead atoms. The molecule has 28 heavy (non-hydrogen) atoms. The molecule has 2 amide bonds. The van der Waals surface area contributed by atoms with E-state index in [2.05, 4.69) is 29.6 Å². The molecule has 2 aromatic carbocycles. The third-order valence-corrected chi connectivity index (χ3v) is 4.88. The quantitative estimate of drug-likeness (QED) is 0.836. The number of benzene rings is 2. The number of hydrogen-bond donors (Lipinski definition) is 1. The molecule has 0 radical (unpaired) electrons. The maximum Gasteiger partial charge on any atom is 0.409 e. The van der Waals surface area contributed by atoms with Crippen LogP contribution < -0.4 is 5.32 Å². The van der Waals surface area contributed by atoms with Crippen molar-refractivity contribution in [3.8, 4) is 0 Å². The number of nitrogens with zero attached hydrogens (tertiary/aromatic N) is 2. The van der Waals surface area contributed by atoms with Crippen LogP contribution in [0.2, 0.25) is 0 Å². The molecule has 3 rings (SSSR count). The molecule has 1 fully saturated rings. The highest BCUT2D eigenvalue weighted by Crippen LogP contribution is 2.21. The Kier molecular flexibility index (Phi) is 7.03. The molecule has 148 valence electrons. The summed E-state index contributed by atoms with van der Waals surface area (Å²) in [5, 5.41) is 3.41. The van der Waals surface area contributed by atoms with Gasteiger partial charge in [0.05, 0.1) is 19.2 Å². The van der Waals surface area contributed by atoms with E-state index in [1.54, 1.807) is 16.7 Å². The van der Waals surface area contributed by atoms with Crippen LogP contribution in [-0.2, 0) is 9.53 Å². The lowest BCUT2D eigenvalue weighted by Gasteiger charge is -2.34. The molecule has 1 N–H and O–H groups in total. The maximum atomic E-state index is 12.7. The summed E-state index contributed by atoms with van der Waals surface area (Å²) in [7, 11) is 0. The van der Waals surface area contributed by atoms with Crippen LogP contribution in [0.15, 0.2) is 60.7 Å². The minimum atomic E-state index is -0.305. The summed E-state index contributed by atoms with van der Waals surface area (Å²) in [5.41, 5.74) is 2.24. The lowest BCUT2D eigenvalue weighted by Crippen LogP contribution is -2.52. The van der Waals surface area contributed by atoms with Gasteiger partial charge in [0.25, 0.3) is 0 Å². The van der Waals surface area contributed by atoms with Crippen molar-refractivity contribution in [2.45, 2.75) is 13.0 Å². The largest absolute Gasteiger partial charge is 0.450 e. The van der Waals surface area contributed by atoms with Gasteiger partial charge in [0.1, 0.15) is 0 Å². The number of nitrogens with one attached hydrogen (secondary N) is 1. The van der Waals surface area contributed by atoms with Crippen LogP contribution in [-0.4, -0.2) is 61.1 Å². The number of hydrogen-bond acceptors (Lipinski definition) is 4. The molecule has 0 aliphatic carbocycles. The molecule has 1 aliphatic rings. The van der Waals surface area contributed by atoms with Crippen molar-refractivity contribution in [3.63, 3.8) is 0 Å². The fraction of sp³-hybridized carbons (Fsp3) is 0.364. The second kappa shape index (κ2) is 9.90. The average molecular weight is 381 g/mol. The molecule has 0 unspecified atom stereocenters. The second-order valence-electron chi connectivity index (χ2n) is 6.70. The minimum absolute atomic E-state index is 0.0420. The van der Waals surface area contributed by atoms with Crippen LogP contribution in [0.1, 0.15) is 24.1 Å².